The monoisotopic (exact) mass is 516 g/mol. The first-order valence-electron chi connectivity index (χ1n) is 12.6. The van der Waals surface area contributed by atoms with Crippen LogP contribution in [-0.4, -0.2) is 77.8 Å². The van der Waals surface area contributed by atoms with Crippen LogP contribution >= 0.6 is 11.3 Å². The van der Waals surface area contributed by atoms with Crippen molar-refractivity contribution in [2.75, 3.05) is 51.2 Å². The Balaban J connectivity index is 1.05. The van der Waals surface area contributed by atoms with Gasteiger partial charge in [0, 0.05) is 50.0 Å². The van der Waals surface area contributed by atoms with Crippen LogP contribution < -0.4 is 10.1 Å². The number of aliphatic hydroxyl groups excluding tert-OH is 1. The standard InChI is InChI=1S/C29H32N4O3S/c1-21-30-27-17-24(11-12-28(27)37-21)36-20-23(34)18-32-13-15-33(16-14-32)19-29(35)31-26-10-6-5-9-25(26)22-7-3-2-4-8-22/h2-12,17,23,34H,13-16,18-20H2,1H3,(H,31,35)/t23-/m1/s1. The van der Waals surface area contributed by atoms with Crippen LogP contribution in [0.15, 0.2) is 72.8 Å². The quantitative estimate of drug-likeness (QED) is 0.346. The number of benzene rings is 3. The minimum absolute atomic E-state index is 0.0162. The number of para-hydroxylation sites is 1. The Morgan fingerprint density at radius 1 is 1.03 bits per heavy atom. The maximum absolute atomic E-state index is 12.8. The van der Waals surface area contributed by atoms with Gasteiger partial charge in [-0.3, -0.25) is 14.6 Å². The normalized spacial score (nSPS) is 15.5. The lowest BCUT2D eigenvalue weighted by Gasteiger charge is -2.35. The number of thiazole rings is 1. The van der Waals surface area contributed by atoms with Gasteiger partial charge in [-0.2, -0.15) is 0 Å². The SMILES string of the molecule is Cc1nc2cc(OC[C@H](O)CN3CCN(CC(=O)Nc4ccccc4-c4ccccc4)CC3)ccc2s1. The summed E-state index contributed by atoms with van der Waals surface area (Å²) in [6, 6.07) is 23.8. The first-order valence-corrected chi connectivity index (χ1v) is 13.4. The summed E-state index contributed by atoms with van der Waals surface area (Å²) >= 11 is 1.66. The smallest absolute Gasteiger partial charge is 0.238 e. The van der Waals surface area contributed by atoms with Gasteiger partial charge in [-0.25, -0.2) is 4.98 Å². The summed E-state index contributed by atoms with van der Waals surface area (Å²) in [5.74, 6) is 0.707. The summed E-state index contributed by atoms with van der Waals surface area (Å²) in [5.41, 5.74) is 3.84. The average Bonchev–Trinajstić information content (AvgIpc) is 3.29. The van der Waals surface area contributed by atoms with Crippen molar-refractivity contribution in [3.63, 3.8) is 0 Å². The number of piperazine rings is 1. The molecule has 7 nitrogen and oxygen atoms in total. The van der Waals surface area contributed by atoms with Gasteiger partial charge in [-0.05, 0) is 30.7 Å². The van der Waals surface area contributed by atoms with Gasteiger partial charge in [0.05, 0.1) is 21.8 Å². The van der Waals surface area contributed by atoms with E-state index in [1.807, 2.05) is 79.7 Å². The minimum atomic E-state index is -0.586. The number of aliphatic hydroxyl groups is 1. The van der Waals surface area contributed by atoms with Gasteiger partial charge in [0.1, 0.15) is 18.5 Å². The molecule has 2 N–H and O–H groups in total. The summed E-state index contributed by atoms with van der Waals surface area (Å²) in [7, 11) is 0. The molecule has 0 spiro atoms. The number of nitrogens with zero attached hydrogens (tertiary/aromatic N) is 3. The van der Waals surface area contributed by atoms with Crippen LogP contribution in [0.2, 0.25) is 0 Å². The molecule has 0 unspecified atom stereocenters. The van der Waals surface area contributed by atoms with E-state index in [1.54, 1.807) is 11.3 Å². The first kappa shape index (κ1) is 25.4. The maximum Gasteiger partial charge on any atom is 0.238 e. The van der Waals surface area contributed by atoms with Gasteiger partial charge in [0.25, 0.3) is 0 Å². The molecule has 1 amide bonds. The molecule has 0 aliphatic carbocycles. The lowest BCUT2D eigenvalue weighted by Crippen LogP contribution is -2.50. The zero-order valence-electron chi connectivity index (χ0n) is 21.0. The molecule has 1 aliphatic heterocycles. The predicted molar refractivity (Wildman–Crippen MR) is 149 cm³/mol. The molecule has 0 radical (unpaired) electrons. The van der Waals surface area contributed by atoms with Crippen LogP contribution in [0.25, 0.3) is 21.3 Å². The lowest BCUT2D eigenvalue weighted by atomic mass is 10.0. The van der Waals surface area contributed by atoms with Gasteiger partial charge in [-0.15, -0.1) is 11.3 Å². The Kier molecular flexibility index (Phi) is 8.11. The summed E-state index contributed by atoms with van der Waals surface area (Å²) < 4.78 is 6.96. The molecule has 1 aliphatic rings. The number of fused-ring (bicyclic) bond motifs is 1. The third-order valence-corrected chi connectivity index (χ3v) is 7.45. The molecule has 5 rings (SSSR count). The highest BCUT2D eigenvalue weighted by molar-refractivity contribution is 7.18. The van der Waals surface area contributed by atoms with Crippen molar-refractivity contribution in [2.45, 2.75) is 13.0 Å². The number of hydrogen-bond acceptors (Lipinski definition) is 7. The van der Waals surface area contributed by atoms with E-state index < -0.39 is 6.10 Å². The molecule has 1 aromatic heterocycles. The van der Waals surface area contributed by atoms with E-state index in [0.29, 0.717) is 13.1 Å². The van der Waals surface area contributed by atoms with E-state index in [1.165, 1.54) is 0 Å². The molecule has 3 aromatic carbocycles. The first-order chi connectivity index (χ1) is 18.0. The number of carbonyl (C=O) groups excluding carboxylic acids is 1. The minimum Gasteiger partial charge on any atom is -0.491 e. The van der Waals surface area contributed by atoms with Crippen molar-refractivity contribution < 1.29 is 14.6 Å². The van der Waals surface area contributed by atoms with E-state index >= 15 is 0 Å². The maximum atomic E-state index is 12.8. The van der Waals surface area contributed by atoms with Gasteiger partial charge in [0.15, 0.2) is 0 Å². The van der Waals surface area contributed by atoms with Gasteiger partial charge >= 0.3 is 0 Å². The van der Waals surface area contributed by atoms with Crippen LogP contribution in [0, 0.1) is 6.92 Å². The molecule has 8 heteroatoms. The van der Waals surface area contributed by atoms with Crippen molar-refractivity contribution in [3.05, 3.63) is 77.8 Å². The molecule has 0 saturated carbocycles. The number of β-amino-alcohol motifs (C(OH)–C–C–N with tert-alkyl or cyclic N) is 1. The molecule has 0 bridgehead atoms. The zero-order chi connectivity index (χ0) is 25.6. The number of carbonyl (C=O) groups is 1. The fourth-order valence-corrected chi connectivity index (χ4v) is 5.45. The topological polar surface area (TPSA) is 77.9 Å². The largest absolute Gasteiger partial charge is 0.491 e. The molecule has 1 atom stereocenters. The Hall–Kier alpha value is -3.30. The molecule has 37 heavy (non-hydrogen) atoms. The molecule has 1 fully saturated rings. The second kappa shape index (κ2) is 11.8. The van der Waals surface area contributed by atoms with E-state index in [-0.39, 0.29) is 12.5 Å². The number of amides is 1. The van der Waals surface area contributed by atoms with Crippen LogP contribution in [-0.2, 0) is 4.79 Å². The Morgan fingerprint density at radius 2 is 1.76 bits per heavy atom. The molecular formula is C29H32N4O3S. The Bertz CT molecular complexity index is 1340. The second-order valence-electron chi connectivity index (χ2n) is 9.36. The number of hydrogen-bond donors (Lipinski definition) is 2. The summed E-state index contributed by atoms with van der Waals surface area (Å²) in [6.45, 7) is 6.28. The number of ether oxygens (including phenoxy) is 1. The predicted octanol–water partition coefficient (Wildman–Crippen LogP) is 4.27. The van der Waals surface area contributed by atoms with Crippen molar-refractivity contribution in [2.24, 2.45) is 0 Å². The molecule has 1 saturated heterocycles. The van der Waals surface area contributed by atoms with Crippen molar-refractivity contribution in [1.29, 1.82) is 0 Å². The third-order valence-electron chi connectivity index (χ3n) is 6.50. The summed E-state index contributed by atoms with van der Waals surface area (Å²) in [6.07, 6.45) is -0.586. The van der Waals surface area contributed by atoms with Crippen molar-refractivity contribution >= 4 is 33.1 Å². The zero-order valence-corrected chi connectivity index (χ0v) is 21.8. The number of nitrogens with one attached hydrogen (secondary N) is 1. The molecule has 192 valence electrons. The number of aryl methyl sites for hydroxylation is 1. The highest BCUT2D eigenvalue weighted by Crippen LogP contribution is 2.28. The fourth-order valence-electron chi connectivity index (χ4n) is 4.64. The molecule has 4 aromatic rings. The molecule has 2 heterocycles. The van der Waals surface area contributed by atoms with Gasteiger partial charge in [-0.1, -0.05) is 48.5 Å². The highest BCUT2D eigenvalue weighted by Gasteiger charge is 2.21. The molecular weight excluding hydrogens is 484 g/mol. The third kappa shape index (κ3) is 6.72. The highest BCUT2D eigenvalue weighted by atomic mass is 32.1. The van der Waals surface area contributed by atoms with Crippen LogP contribution in [0.5, 0.6) is 5.75 Å². The fraction of sp³-hybridized carbons (Fsp3) is 0.310. The van der Waals surface area contributed by atoms with Crippen molar-refractivity contribution in [1.82, 2.24) is 14.8 Å². The van der Waals surface area contributed by atoms with Crippen LogP contribution in [0.3, 0.4) is 0 Å². The Morgan fingerprint density at radius 3 is 2.57 bits per heavy atom. The number of rotatable bonds is 9. The van der Waals surface area contributed by atoms with E-state index in [9.17, 15) is 9.90 Å². The summed E-state index contributed by atoms with van der Waals surface area (Å²) in [4.78, 5) is 21.7. The average molecular weight is 517 g/mol. The number of anilines is 1. The Labute approximate surface area is 221 Å². The van der Waals surface area contributed by atoms with Gasteiger partial charge in [0.2, 0.25) is 5.91 Å². The van der Waals surface area contributed by atoms with Crippen LogP contribution in [0.4, 0.5) is 5.69 Å². The van der Waals surface area contributed by atoms with E-state index in [2.05, 4.69) is 20.1 Å². The lowest BCUT2D eigenvalue weighted by molar-refractivity contribution is -0.117. The van der Waals surface area contributed by atoms with Gasteiger partial charge < -0.3 is 15.2 Å². The number of aromatic nitrogens is 1. The van der Waals surface area contributed by atoms with E-state index in [0.717, 1.165) is 64.0 Å². The van der Waals surface area contributed by atoms with Crippen LogP contribution in [0.1, 0.15) is 5.01 Å². The summed E-state index contributed by atoms with van der Waals surface area (Å²) in [5, 5.41) is 14.6. The van der Waals surface area contributed by atoms with Crippen molar-refractivity contribution in [3.8, 4) is 16.9 Å². The second-order valence-corrected chi connectivity index (χ2v) is 10.6. The van der Waals surface area contributed by atoms with E-state index in [4.69, 9.17) is 4.74 Å².